The van der Waals surface area contributed by atoms with Crippen LogP contribution >= 0.6 is 0 Å². The van der Waals surface area contributed by atoms with Crippen molar-refractivity contribution in [2.45, 2.75) is 17.7 Å². The van der Waals surface area contributed by atoms with Crippen LogP contribution in [0.25, 0.3) is 0 Å². The first kappa shape index (κ1) is 17.4. The van der Waals surface area contributed by atoms with Crippen molar-refractivity contribution in [3.05, 3.63) is 30.3 Å². The van der Waals surface area contributed by atoms with Crippen LogP contribution in [0.3, 0.4) is 0 Å². The molecule has 23 heavy (non-hydrogen) atoms. The lowest BCUT2D eigenvalue weighted by Crippen LogP contribution is -2.50. The Morgan fingerprint density at radius 3 is 2.22 bits per heavy atom. The number of hydrogen-bond acceptors (Lipinski definition) is 5. The molecule has 1 aliphatic heterocycles. The number of carbonyl (C=O) groups is 2. The number of hydrogen-bond donors (Lipinski definition) is 2. The Balaban J connectivity index is 1.91. The highest BCUT2D eigenvalue weighted by Crippen LogP contribution is 2.17. The van der Waals surface area contributed by atoms with Crippen LogP contribution in [0.4, 0.5) is 0 Å². The number of benzene rings is 1. The van der Waals surface area contributed by atoms with E-state index >= 15 is 0 Å². The maximum absolute atomic E-state index is 12.5. The number of piperazine rings is 1. The Kier molecular flexibility index (Phi) is 5.69. The van der Waals surface area contributed by atoms with Crippen molar-refractivity contribution >= 4 is 21.8 Å². The zero-order valence-electron chi connectivity index (χ0n) is 12.6. The van der Waals surface area contributed by atoms with Gasteiger partial charge < -0.3 is 4.90 Å². The average Bonchev–Trinajstić information content (AvgIpc) is 2.60. The fourth-order valence-corrected chi connectivity index (χ4v) is 3.81. The molecular formula is C14H20N4O4S. The van der Waals surface area contributed by atoms with E-state index in [4.69, 9.17) is 5.84 Å². The number of hydrazine groups is 1. The van der Waals surface area contributed by atoms with Gasteiger partial charge in [0, 0.05) is 39.0 Å². The predicted octanol–water partition coefficient (Wildman–Crippen LogP) is -0.710. The SMILES string of the molecule is NNC(=O)CCC(=O)N1CCN(S(=O)(=O)c2ccccc2)CC1. The second kappa shape index (κ2) is 7.53. The molecule has 1 heterocycles. The molecule has 2 rings (SSSR count). The number of carbonyl (C=O) groups excluding carboxylic acids is 2. The lowest BCUT2D eigenvalue weighted by Gasteiger charge is -2.34. The maximum Gasteiger partial charge on any atom is 0.243 e. The molecule has 0 aliphatic carbocycles. The van der Waals surface area contributed by atoms with E-state index in [0.717, 1.165) is 0 Å². The number of nitrogens with two attached hydrogens (primary N) is 1. The molecule has 0 aromatic heterocycles. The van der Waals surface area contributed by atoms with E-state index in [-0.39, 0.29) is 36.7 Å². The molecule has 0 saturated carbocycles. The molecule has 0 unspecified atom stereocenters. The van der Waals surface area contributed by atoms with E-state index in [1.165, 1.54) is 4.31 Å². The van der Waals surface area contributed by atoms with E-state index in [0.29, 0.717) is 13.1 Å². The van der Waals surface area contributed by atoms with Gasteiger partial charge in [-0.25, -0.2) is 14.3 Å². The lowest BCUT2D eigenvalue weighted by atomic mass is 10.2. The molecule has 1 aromatic carbocycles. The minimum atomic E-state index is -3.53. The Labute approximate surface area is 135 Å². The fourth-order valence-electron chi connectivity index (χ4n) is 2.37. The third-order valence-corrected chi connectivity index (χ3v) is 5.61. The van der Waals surface area contributed by atoms with Gasteiger partial charge in [0.25, 0.3) is 0 Å². The van der Waals surface area contributed by atoms with Crippen molar-refractivity contribution in [2.24, 2.45) is 5.84 Å². The molecule has 1 saturated heterocycles. The van der Waals surface area contributed by atoms with Crippen LogP contribution in [0.1, 0.15) is 12.8 Å². The zero-order valence-corrected chi connectivity index (χ0v) is 13.5. The van der Waals surface area contributed by atoms with Gasteiger partial charge in [-0.05, 0) is 12.1 Å². The van der Waals surface area contributed by atoms with Crippen LogP contribution in [0.2, 0.25) is 0 Å². The van der Waals surface area contributed by atoms with Crippen molar-refractivity contribution in [2.75, 3.05) is 26.2 Å². The van der Waals surface area contributed by atoms with Gasteiger partial charge in [-0.3, -0.25) is 15.0 Å². The molecule has 0 spiro atoms. The zero-order chi connectivity index (χ0) is 16.9. The molecule has 9 heteroatoms. The Bertz CT molecular complexity index is 655. The fraction of sp³-hybridized carbons (Fsp3) is 0.429. The van der Waals surface area contributed by atoms with Crippen LogP contribution in [0.5, 0.6) is 0 Å². The normalized spacial score (nSPS) is 16.1. The highest BCUT2D eigenvalue weighted by Gasteiger charge is 2.29. The second-order valence-electron chi connectivity index (χ2n) is 5.17. The maximum atomic E-state index is 12.5. The van der Waals surface area contributed by atoms with Gasteiger partial charge in [-0.2, -0.15) is 4.31 Å². The van der Waals surface area contributed by atoms with E-state index in [1.54, 1.807) is 35.2 Å². The summed E-state index contributed by atoms with van der Waals surface area (Å²) in [6.07, 6.45) is 0.0896. The predicted molar refractivity (Wildman–Crippen MR) is 83.3 cm³/mol. The Morgan fingerprint density at radius 2 is 1.65 bits per heavy atom. The second-order valence-corrected chi connectivity index (χ2v) is 7.10. The van der Waals surface area contributed by atoms with Gasteiger partial charge in [-0.15, -0.1) is 0 Å². The summed E-state index contributed by atoms with van der Waals surface area (Å²) in [4.78, 5) is 24.8. The quantitative estimate of drug-likeness (QED) is 0.418. The first-order valence-corrected chi connectivity index (χ1v) is 8.71. The molecule has 1 aromatic rings. The summed E-state index contributed by atoms with van der Waals surface area (Å²) in [5.41, 5.74) is 1.97. The van der Waals surface area contributed by atoms with Crippen molar-refractivity contribution in [1.82, 2.24) is 14.6 Å². The van der Waals surface area contributed by atoms with Crippen LogP contribution in [-0.2, 0) is 19.6 Å². The van der Waals surface area contributed by atoms with E-state index < -0.39 is 15.9 Å². The number of rotatable bonds is 5. The first-order chi connectivity index (χ1) is 10.9. The van der Waals surface area contributed by atoms with Crippen LogP contribution < -0.4 is 11.3 Å². The molecule has 0 radical (unpaired) electrons. The van der Waals surface area contributed by atoms with Gasteiger partial charge in [0.2, 0.25) is 21.8 Å². The van der Waals surface area contributed by atoms with E-state index in [9.17, 15) is 18.0 Å². The van der Waals surface area contributed by atoms with Gasteiger partial charge in [-0.1, -0.05) is 18.2 Å². The van der Waals surface area contributed by atoms with Gasteiger partial charge in [0.05, 0.1) is 4.90 Å². The summed E-state index contributed by atoms with van der Waals surface area (Å²) in [7, 11) is -3.53. The van der Waals surface area contributed by atoms with Gasteiger partial charge >= 0.3 is 0 Å². The van der Waals surface area contributed by atoms with Gasteiger partial charge in [0.15, 0.2) is 0 Å². The largest absolute Gasteiger partial charge is 0.340 e. The monoisotopic (exact) mass is 340 g/mol. The third kappa shape index (κ3) is 4.27. The van der Waals surface area contributed by atoms with Crippen molar-refractivity contribution in [1.29, 1.82) is 0 Å². The molecular weight excluding hydrogens is 320 g/mol. The van der Waals surface area contributed by atoms with Crippen molar-refractivity contribution < 1.29 is 18.0 Å². The summed E-state index contributed by atoms with van der Waals surface area (Å²) in [6, 6.07) is 8.22. The topological polar surface area (TPSA) is 113 Å². The van der Waals surface area contributed by atoms with Crippen LogP contribution in [-0.4, -0.2) is 55.6 Å². The molecule has 0 bridgehead atoms. The summed E-state index contributed by atoms with van der Waals surface area (Å²) >= 11 is 0. The van der Waals surface area contributed by atoms with Crippen molar-refractivity contribution in [3.8, 4) is 0 Å². The minimum Gasteiger partial charge on any atom is -0.340 e. The molecule has 2 amide bonds. The Hall–Kier alpha value is -1.97. The summed E-state index contributed by atoms with van der Waals surface area (Å²) in [5.74, 6) is 4.39. The number of sulfonamides is 1. The summed E-state index contributed by atoms with van der Waals surface area (Å²) < 4.78 is 26.3. The minimum absolute atomic E-state index is 0.0257. The molecule has 0 atom stereocenters. The first-order valence-electron chi connectivity index (χ1n) is 7.27. The summed E-state index contributed by atoms with van der Waals surface area (Å²) in [5, 5.41) is 0. The number of nitrogens with one attached hydrogen (secondary N) is 1. The third-order valence-electron chi connectivity index (χ3n) is 3.70. The Morgan fingerprint density at radius 1 is 1.04 bits per heavy atom. The number of amides is 2. The molecule has 126 valence electrons. The van der Waals surface area contributed by atoms with Crippen LogP contribution in [0, 0.1) is 0 Å². The lowest BCUT2D eigenvalue weighted by molar-refractivity contribution is -0.134. The smallest absolute Gasteiger partial charge is 0.243 e. The molecule has 1 fully saturated rings. The standard InChI is InChI=1S/C14H20N4O4S/c15-16-13(19)6-7-14(20)17-8-10-18(11-9-17)23(21,22)12-4-2-1-3-5-12/h1-5H,6-11,15H2,(H,16,19). The molecule has 3 N–H and O–H groups in total. The van der Waals surface area contributed by atoms with Crippen LogP contribution in [0.15, 0.2) is 35.2 Å². The van der Waals surface area contributed by atoms with Gasteiger partial charge in [0.1, 0.15) is 0 Å². The summed E-state index contributed by atoms with van der Waals surface area (Å²) in [6.45, 7) is 1.11. The van der Waals surface area contributed by atoms with E-state index in [1.807, 2.05) is 5.43 Å². The highest BCUT2D eigenvalue weighted by molar-refractivity contribution is 7.89. The number of nitrogens with zero attached hydrogens (tertiary/aromatic N) is 2. The molecule has 1 aliphatic rings. The highest BCUT2D eigenvalue weighted by atomic mass is 32.2. The van der Waals surface area contributed by atoms with Crippen molar-refractivity contribution in [3.63, 3.8) is 0 Å². The molecule has 8 nitrogen and oxygen atoms in total. The van der Waals surface area contributed by atoms with E-state index in [2.05, 4.69) is 0 Å². The average molecular weight is 340 g/mol.